The van der Waals surface area contributed by atoms with E-state index in [9.17, 15) is 61.0 Å². The summed E-state index contributed by atoms with van der Waals surface area (Å²) in [4.78, 5) is 13.4. The Balaban J connectivity index is 1.32. The van der Waals surface area contributed by atoms with Gasteiger partial charge in [0, 0.05) is 6.42 Å². The van der Waals surface area contributed by atoms with Gasteiger partial charge < -0.3 is 89.9 Å². The molecule has 19 heteroatoms. The van der Waals surface area contributed by atoms with Crippen LogP contribution in [0.4, 0.5) is 0 Å². The fraction of sp³-hybridized carbons (Fsp3) is 0.731. The summed E-state index contributed by atoms with van der Waals surface area (Å²) < 4.78 is 34.3. The van der Waals surface area contributed by atoms with Gasteiger partial charge in [0.25, 0.3) is 0 Å². The lowest BCUT2D eigenvalue weighted by atomic mass is 9.96. The van der Waals surface area contributed by atoms with Crippen LogP contribution in [0.2, 0.25) is 0 Å². The zero-order valence-electron chi connectivity index (χ0n) is 59.0. The fourth-order valence-corrected chi connectivity index (χ4v) is 11.8. The minimum absolute atomic E-state index is 0.228. The van der Waals surface area contributed by atoms with Crippen molar-refractivity contribution in [2.24, 2.45) is 0 Å². The number of carbonyl (C=O) groups excluding carboxylic acids is 1. The highest BCUT2D eigenvalue weighted by Gasteiger charge is 2.53. The molecule has 97 heavy (non-hydrogen) atoms. The van der Waals surface area contributed by atoms with Crippen molar-refractivity contribution in [1.29, 1.82) is 0 Å². The molecule has 0 saturated carbocycles. The topological polar surface area (TPSA) is 307 Å². The molecule has 0 radical (unpaired) electrons. The Labute approximate surface area is 582 Å². The van der Waals surface area contributed by atoms with Crippen molar-refractivity contribution >= 4 is 5.91 Å². The summed E-state index contributed by atoms with van der Waals surface area (Å²) in [5, 5.41) is 120. The maximum absolute atomic E-state index is 13.4. The second kappa shape index (κ2) is 57.8. The van der Waals surface area contributed by atoms with Crippen LogP contribution >= 0.6 is 0 Å². The van der Waals surface area contributed by atoms with E-state index in [2.05, 4.69) is 129 Å². The van der Waals surface area contributed by atoms with Gasteiger partial charge >= 0.3 is 0 Å². The van der Waals surface area contributed by atoms with E-state index < -0.39 is 124 Å². The third-order valence-corrected chi connectivity index (χ3v) is 17.7. The predicted molar refractivity (Wildman–Crippen MR) is 383 cm³/mol. The second-order valence-corrected chi connectivity index (χ2v) is 26.0. The number of amides is 1. The predicted octanol–water partition coefficient (Wildman–Crippen LogP) is 11.2. The fourth-order valence-electron chi connectivity index (χ4n) is 11.8. The number of aliphatic hydroxyl groups is 11. The lowest BCUT2D eigenvalue weighted by molar-refractivity contribution is -0.379. The summed E-state index contributed by atoms with van der Waals surface area (Å²) in [5.74, 6) is -0.291. The molecule has 19 nitrogen and oxygen atoms in total. The monoisotopic (exact) mass is 1370 g/mol. The Morgan fingerprint density at radius 2 is 0.722 bits per heavy atom. The molecule has 3 aliphatic rings. The first kappa shape index (κ1) is 87.4. The van der Waals surface area contributed by atoms with E-state index in [-0.39, 0.29) is 18.9 Å². The number of carbonyl (C=O) groups is 1. The average Bonchev–Trinajstić information content (AvgIpc) is 0.809. The molecule has 0 bridgehead atoms. The van der Waals surface area contributed by atoms with E-state index in [4.69, 9.17) is 28.4 Å². The van der Waals surface area contributed by atoms with Crippen molar-refractivity contribution in [2.75, 3.05) is 26.4 Å². The molecule has 3 saturated heterocycles. The number of hydrogen-bond donors (Lipinski definition) is 12. The smallest absolute Gasteiger partial charge is 0.220 e. The minimum atomic E-state index is -1.98. The molecule has 0 aromatic carbocycles. The van der Waals surface area contributed by atoms with Gasteiger partial charge in [-0.2, -0.15) is 0 Å². The highest BCUT2D eigenvalue weighted by Crippen LogP contribution is 2.33. The molecule has 0 aromatic heterocycles. The van der Waals surface area contributed by atoms with Crippen molar-refractivity contribution in [1.82, 2.24) is 5.32 Å². The quantitative estimate of drug-likeness (QED) is 0.0199. The van der Waals surface area contributed by atoms with Gasteiger partial charge in [-0.15, -0.1) is 0 Å². The molecule has 3 aliphatic heterocycles. The molecule has 556 valence electrons. The van der Waals surface area contributed by atoms with Crippen LogP contribution in [0.3, 0.4) is 0 Å². The second-order valence-electron chi connectivity index (χ2n) is 26.0. The van der Waals surface area contributed by atoms with E-state index in [1.165, 1.54) is 96.3 Å². The summed E-state index contributed by atoms with van der Waals surface area (Å²) in [6.07, 6.45) is 53.4. The van der Waals surface area contributed by atoms with Crippen LogP contribution in [-0.4, -0.2) is 193 Å². The summed E-state index contributed by atoms with van der Waals surface area (Å²) in [7, 11) is 0. The third-order valence-electron chi connectivity index (χ3n) is 17.7. The van der Waals surface area contributed by atoms with E-state index in [0.29, 0.717) is 12.8 Å². The van der Waals surface area contributed by atoms with E-state index >= 15 is 0 Å². The zero-order chi connectivity index (χ0) is 70.4. The lowest BCUT2D eigenvalue weighted by Gasteiger charge is -2.48. The van der Waals surface area contributed by atoms with Crippen LogP contribution in [0.15, 0.2) is 122 Å². The van der Waals surface area contributed by atoms with Crippen molar-refractivity contribution in [3.63, 3.8) is 0 Å². The number of rotatable bonds is 56. The van der Waals surface area contributed by atoms with Gasteiger partial charge in [0.1, 0.15) is 73.2 Å². The number of unbranched alkanes of at least 4 members (excludes halogenated alkanes) is 22. The van der Waals surface area contributed by atoms with Crippen LogP contribution < -0.4 is 5.32 Å². The zero-order valence-corrected chi connectivity index (χ0v) is 59.0. The maximum Gasteiger partial charge on any atom is 0.220 e. The normalized spacial score (nSPS) is 27.6. The Hall–Kier alpha value is -3.81. The minimum Gasteiger partial charge on any atom is -0.394 e. The van der Waals surface area contributed by atoms with Gasteiger partial charge in [-0.05, 0) is 96.3 Å². The van der Waals surface area contributed by atoms with Gasteiger partial charge in [-0.3, -0.25) is 4.79 Å². The Bertz CT molecular complexity index is 2230. The highest BCUT2D eigenvalue weighted by molar-refractivity contribution is 5.76. The summed E-state index contributed by atoms with van der Waals surface area (Å²) in [5.41, 5.74) is 0. The Morgan fingerprint density at radius 1 is 0.381 bits per heavy atom. The number of hydrogen-bond acceptors (Lipinski definition) is 18. The van der Waals surface area contributed by atoms with Crippen LogP contribution in [0.1, 0.15) is 232 Å². The molecule has 0 spiro atoms. The molecule has 17 unspecified atom stereocenters. The Morgan fingerprint density at radius 3 is 1.15 bits per heavy atom. The van der Waals surface area contributed by atoms with Crippen LogP contribution in [0, 0.1) is 0 Å². The van der Waals surface area contributed by atoms with E-state index in [0.717, 1.165) is 103 Å². The van der Waals surface area contributed by atoms with Crippen molar-refractivity contribution in [3.05, 3.63) is 122 Å². The van der Waals surface area contributed by atoms with Crippen molar-refractivity contribution < 1.29 is 89.4 Å². The van der Waals surface area contributed by atoms with Crippen LogP contribution in [-0.2, 0) is 33.2 Å². The first-order valence-electron chi connectivity index (χ1n) is 37.3. The molecular weight excluding hydrogens is 1240 g/mol. The number of aliphatic hydroxyl groups excluding tert-OH is 11. The average molecular weight is 1370 g/mol. The molecule has 12 N–H and O–H groups in total. The van der Waals surface area contributed by atoms with Crippen molar-refractivity contribution in [3.8, 4) is 0 Å². The van der Waals surface area contributed by atoms with Gasteiger partial charge in [-0.1, -0.05) is 251 Å². The van der Waals surface area contributed by atoms with Crippen LogP contribution in [0.5, 0.6) is 0 Å². The Kier molecular flexibility index (Phi) is 52.1. The molecule has 3 fully saturated rings. The lowest BCUT2D eigenvalue weighted by Crippen LogP contribution is -2.66. The molecule has 17 atom stereocenters. The van der Waals surface area contributed by atoms with Crippen molar-refractivity contribution in [2.45, 2.75) is 336 Å². The summed E-state index contributed by atoms with van der Waals surface area (Å²) in [6, 6.07) is -0.996. The summed E-state index contributed by atoms with van der Waals surface area (Å²) in [6.45, 7) is 1.57. The number of ether oxygens (including phenoxy) is 6. The molecular formula is C78H131NO18. The van der Waals surface area contributed by atoms with E-state index in [1.54, 1.807) is 6.08 Å². The van der Waals surface area contributed by atoms with Gasteiger partial charge in [0.15, 0.2) is 18.9 Å². The number of allylic oxidation sites excluding steroid dienone is 19. The van der Waals surface area contributed by atoms with Gasteiger partial charge in [-0.25, -0.2) is 0 Å². The van der Waals surface area contributed by atoms with Crippen LogP contribution in [0.25, 0.3) is 0 Å². The highest BCUT2D eigenvalue weighted by atomic mass is 16.8. The molecule has 3 heterocycles. The van der Waals surface area contributed by atoms with E-state index in [1.807, 2.05) is 6.08 Å². The maximum atomic E-state index is 13.4. The standard InChI is InChI=1S/C78H131NO18/c1-3-5-7-9-11-13-15-17-18-19-20-21-22-23-24-25-26-27-28-29-30-31-32-33-34-35-36-37-38-39-40-41-42-44-46-48-50-52-54-56-66(84)79-61(62(83)55-53-51-49-47-45-43-16-14-12-10-8-6-4-2)60-92-76-72(90)69(87)74(64(58-81)94-76)97-78-73(91)70(88)75(65(59-82)95-78)96-77-71(89)68(86)67(85)63(57-80)93-77/h5,7,11,13,17-18,20-21,23-24,26-27,29-30,32-33,45,47,53,55,61-65,67-78,80-83,85-91H,3-4,6,8-10,12,14-16,19,22,25,28,31,34-44,46,48-52,54,56-60H2,1-2H3,(H,79,84)/b7-5-,13-11-,18-17-,21-20-,24-23-,27-26-,30-29-,33-32-,47-45+,55-53+. The first-order chi connectivity index (χ1) is 47.3. The molecule has 0 aliphatic carbocycles. The number of nitrogens with one attached hydrogen (secondary N) is 1. The molecule has 3 rings (SSSR count). The third kappa shape index (κ3) is 38.7. The molecule has 1 amide bonds. The van der Waals surface area contributed by atoms with Gasteiger partial charge in [0.05, 0.1) is 38.6 Å². The van der Waals surface area contributed by atoms with Gasteiger partial charge in [0.2, 0.25) is 5.91 Å². The SMILES string of the molecule is CC/C=C\C/C=C\C/C=C\C/C=C\C/C=C\C/C=C\C/C=C\C/C=C\CCCCCCCCCCCCCCCCC(=O)NC(COC1OC(CO)C(OC2OC(CO)C(OC3OC(CO)C(O)C(O)C3O)C(O)C2O)C(O)C1O)C(O)/C=C/CC/C=C/CCCCCCCCC. The largest absolute Gasteiger partial charge is 0.394 e. The molecule has 0 aromatic rings. The first-order valence-corrected chi connectivity index (χ1v) is 37.3. The summed E-state index contributed by atoms with van der Waals surface area (Å²) >= 11 is 0.